The summed E-state index contributed by atoms with van der Waals surface area (Å²) >= 11 is 0. The zero-order chi connectivity index (χ0) is 37.3. The summed E-state index contributed by atoms with van der Waals surface area (Å²) in [5.41, 5.74) is 1.65. The molecule has 3 aromatic carbocycles. The van der Waals surface area contributed by atoms with Crippen molar-refractivity contribution in [2.75, 3.05) is 18.4 Å². The number of rotatable bonds is 16. The highest BCUT2D eigenvalue weighted by Crippen LogP contribution is 2.24. The molecule has 4 aromatic rings. The first kappa shape index (κ1) is 39.0. The highest BCUT2D eigenvalue weighted by molar-refractivity contribution is 7.89. The van der Waals surface area contributed by atoms with Gasteiger partial charge in [-0.3, -0.25) is 19.4 Å². The number of hydrogen-bond acceptors (Lipinski definition) is 8. The molecule has 0 spiro atoms. The molecule has 0 aliphatic carbocycles. The van der Waals surface area contributed by atoms with E-state index >= 15 is 0 Å². The molecule has 0 unspecified atom stereocenters. The third-order valence-electron chi connectivity index (χ3n) is 8.40. The van der Waals surface area contributed by atoms with Crippen LogP contribution in [-0.4, -0.2) is 76.8 Å². The predicted molar refractivity (Wildman–Crippen MR) is 193 cm³/mol. The quantitative estimate of drug-likeness (QED) is 0.133. The van der Waals surface area contributed by atoms with Crippen LogP contribution in [0.15, 0.2) is 83.9 Å². The second kappa shape index (κ2) is 17.4. The summed E-state index contributed by atoms with van der Waals surface area (Å²) in [6, 6.07) is 17.3. The highest BCUT2D eigenvalue weighted by Gasteiger charge is 2.34. The first-order valence-electron chi connectivity index (χ1n) is 16.8. The summed E-state index contributed by atoms with van der Waals surface area (Å²) in [6.45, 7) is 8.07. The van der Waals surface area contributed by atoms with E-state index in [0.717, 1.165) is 28.1 Å². The van der Waals surface area contributed by atoms with Crippen LogP contribution in [0.4, 0.5) is 10.1 Å². The van der Waals surface area contributed by atoms with E-state index in [4.69, 9.17) is 0 Å². The van der Waals surface area contributed by atoms with Crippen molar-refractivity contribution in [2.24, 2.45) is 11.8 Å². The lowest BCUT2D eigenvalue weighted by molar-refractivity contribution is -0.125. The van der Waals surface area contributed by atoms with Crippen molar-refractivity contribution in [2.45, 2.75) is 70.5 Å². The monoisotopic (exact) mass is 720 g/mol. The smallest absolute Gasteiger partial charge is 0.272 e. The molecule has 4 atom stereocenters. The summed E-state index contributed by atoms with van der Waals surface area (Å²) in [4.78, 5) is 47.4. The van der Waals surface area contributed by atoms with Gasteiger partial charge in [-0.05, 0) is 54.2 Å². The third kappa shape index (κ3) is 10.4. The second-order valence-corrected chi connectivity index (χ2v) is 14.9. The van der Waals surface area contributed by atoms with Crippen molar-refractivity contribution in [3.8, 4) is 0 Å². The number of anilines is 1. The van der Waals surface area contributed by atoms with Crippen LogP contribution < -0.4 is 16.0 Å². The molecule has 0 aliphatic rings. The van der Waals surface area contributed by atoms with E-state index in [-0.39, 0.29) is 41.1 Å². The molecule has 0 saturated carbocycles. The number of aromatic nitrogens is 2. The molecule has 0 radical (unpaired) electrons. The lowest BCUT2D eigenvalue weighted by Gasteiger charge is -2.32. The first-order chi connectivity index (χ1) is 24.2. The van der Waals surface area contributed by atoms with Crippen LogP contribution in [-0.2, 0) is 26.0 Å². The molecule has 1 aromatic heterocycles. The van der Waals surface area contributed by atoms with E-state index in [2.05, 4.69) is 25.9 Å². The largest absolute Gasteiger partial charge is 0.390 e. The highest BCUT2D eigenvalue weighted by atomic mass is 32.2. The number of hydrogen-bond donors (Lipinski definition) is 4. The Bertz CT molecular complexity index is 1940. The fourth-order valence-corrected chi connectivity index (χ4v) is 7.17. The summed E-state index contributed by atoms with van der Waals surface area (Å²) in [6.07, 6.45) is 0.600. The van der Waals surface area contributed by atoms with Gasteiger partial charge in [-0.2, -0.15) is 4.31 Å². The standard InChI is InChI=1S/C37H45FN6O6S/c1-6-24(4)35(43-36(47)33-20-39-29-14-10-11-15-30(29)41-33)37(48)42-32(18-26-12-8-7-9-13-26)34(46)22-44(21-23(2)3)51(49,50)27-16-17-28(38)31(19-27)40-25(5)45/h7-17,19-20,23-24,32,34-35,46H,6,18,21-22H2,1-5H3,(H,40,45)(H,42,48)(H,43,47)/t24-,32-,34+,35-/m0/s1. The van der Waals surface area contributed by atoms with Gasteiger partial charge >= 0.3 is 0 Å². The Hall–Kier alpha value is -4.79. The predicted octanol–water partition coefficient (Wildman–Crippen LogP) is 4.31. The molecule has 4 rings (SSSR count). The van der Waals surface area contributed by atoms with Crippen molar-refractivity contribution in [3.63, 3.8) is 0 Å². The van der Waals surface area contributed by atoms with Crippen LogP contribution in [0, 0.1) is 17.7 Å². The second-order valence-electron chi connectivity index (χ2n) is 13.0. The van der Waals surface area contributed by atoms with Gasteiger partial charge < -0.3 is 21.1 Å². The molecule has 0 saturated heterocycles. The average Bonchev–Trinajstić information content (AvgIpc) is 3.10. The van der Waals surface area contributed by atoms with Crippen molar-refractivity contribution < 1.29 is 32.3 Å². The Morgan fingerprint density at radius 1 is 0.922 bits per heavy atom. The summed E-state index contributed by atoms with van der Waals surface area (Å²) in [5, 5.41) is 19.7. The summed E-state index contributed by atoms with van der Waals surface area (Å²) in [5.74, 6) is -3.04. The van der Waals surface area contributed by atoms with Gasteiger partial charge in [-0.25, -0.2) is 17.8 Å². The van der Waals surface area contributed by atoms with E-state index in [0.29, 0.717) is 17.5 Å². The number of nitrogens with one attached hydrogen (secondary N) is 3. The maximum atomic E-state index is 14.4. The number of halogens is 1. The normalized spacial score (nSPS) is 14.1. The summed E-state index contributed by atoms with van der Waals surface area (Å²) < 4.78 is 43.4. The van der Waals surface area contributed by atoms with Crippen molar-refractivity contribution in [1.29, 1.82) is 0 Å². The molecule has 0 bridgehead atoms. The topological polar surface area (TPSA) is 171 Å². The van der Waals surface area contributed by atoms with E-state index in [1.54, 1.807) is 18.2 Å². The Labute approximate surface area is 297 Å². The minimum absolute atomic E-state index is 0.00338. The Morgan fingerprint density at radius 3 is 2.24 bits per heavy atom. The Kier molecular flexibility index (Phi) is 13.3. The minimum Gasteiger partial charge on any atom is -0.390 e. The molecule has 272 valence electrons. The van der Waals surface area contributed by atoms with Gasteiger partial charge in [-0.1, -0.05) is 76.6 Å². The van der Waals surface area contributed by atoms with E-state index in [1.165, 1.54) is 13.1 Å². The maximum Gasteiger partial charge on any atom is 0.272 e. The van der Waals surface area contributed by atoms with Crippen molar-refractivity contribution in [1.82, 2.24) is 24.9 Å². The number of para-hydroxylation sites is 2. The van der Waals surface area contributed by atoms with Gasteiger partial charge in [0.05, 0.1) is 40.0 Å². The van der Waals surface area contributed by atoms with Crippen LogP contribution in [0.2, 0.25) is 0 Å². The van der Waals surface area contributed by atoms with E-state index in [9.17, 15) is 32.3 Å². The molecule has 4 N–H and O–H groups in total. The molecule has 12 nitrogen and oxygen atoms in total. The molecule has 14 heteroatoms. The van der Waals surface area contributed by atoms with Crippen LogP contribution >= 0.6 is 0 Å². The van der Waals surface area contributed by atoms with Crippen LogP contribution in [0.1, 0.15) is 57.1 Å². The van der Waals surface area contributed by atoms with Crippen LogP contribution in [0.25, 0.3) is 11.0 Å². The number of amides is 3. The maximum absolute atomic E-state index is 14.4. The Balaban J connectivity index is 1.62. The molecule has 0 fully saturated rings. The van der Waals surface area contributed by atoms with Crippen molar-refractivity contribution in [3.05, 3.63) is 96.1 Å². The molecule has 51 heavy (non-hydrogen) atoms. The van der Waals surface area contributed by atoms with Gasteiger partial charge in [-0.15, -0.1) is 0 Å². The average molecular weight is 721 g/mol. The number of nitrogens with zero attached hydrogens (tertiary/aromatic N) is 3. The van der Waals surface area contributed by atoms with Gasteiger partial charge in [0.1, 0.15) is 17.6 Å². The fraction of sp³-hybridized carbons (Fsp3) is 0.378. The first-order valence-corrected chi connectivity index (χ1v) is 18.3. The van der Waals surface area contributed by atoms with Gasteiger partial charge in [0.25, 0.3) is 5.91 Å². The molecule has 0 aliphatic heterocycles. The van der Waals surface area contributed by atoms with Crippen molar-refractivity contribution >= 4 is 44.5 Å². The third-order valence-corrected chi connectivity index (χ3v) is 10.2. The van der Waals surface area contributed by atoms with Gasteiger partial charge in [0.15, 0.2) is 0 Å². The number of carbonyl (C=O) groups excluding carboxylic acids is 3. The number of sulfonamides is 1. The van der Waals surface area contributed by atoms with Crippen LogP contribution in [0.3, 0.4) is 0 Å². The van der Waals surface area contributed by atoms with Gasteiger partial charge in [0, 0.05) is 20.0 Å². The number of aliphatic hydroxyl groups excluding tert-OH is 1. The fourth-order valence-electron chi connectivity index (χ4n) is 5.52. The van der Waals surface area contributed by atoms with E-state index in [1.807, 2.05) is 64.1 Å². The molecular weight excluding hydrogens is 676 g/mol. The molecule has 3 amide bonds. The molecular formula is C37H45FN6O6S. The van der Waals surface area contributed by atoms with Gasteiger partial charge in [0.2, 0.25) is 21.8 Å². The van der Waals surface area contributed by atoms with Crippen LogP contribution in [0.5, 0.6) is 0 Å². The zero-order valence-corrected chi connectivity index (χ0v) is 30.2. The summed E-state index contributed by atoms with van der Waals surface area (Å²) in [7, 11) is -4.32. The Morgan fingerprint density at radius 2 is 1.59 bits per heavy atom. The number of fused-ring (bicyclic) bond motifs is 1. The number of benzene rings is 3. The lowest BCUT2D eigenvalue weighted by atomic mass is 9.96. The lowest BCUT2D eigenvalue weighted by Crippen LogP contribution is -2.57. The minimum atomic E-state index is -4.32. The number of aliphatic hydroxyl groups is 1. The number of carbonyl (C=O) groups is 3. The SMILES string of the molecule is CC[C@H](C)[C@H](NC(=O)c1cnc2ccccc2n1)C(=O)N[C@@H](Cc1ccccc1)[C@H](O)CN(CC(C)C)S(=O)(=O)c1ccc(F)c(NC(C)=O)c1. The van der Waals surface area contributed by atoms with E-state index < -0.39 is 58.3 Å². The zero-order valence-electron chi connectivity index (χ0n) is 29.3. The molecule has 1 heterocycles.